The van der Waals surface area contributed by atoms with Gasteiger partial charge in [-0.15, -0.1) is 0 Å². The van der Waals surface area contributed by atoms with E-state index in [0.29, 0.717) is 18.8 Å². The second kappa shape index (κ2) is 7.35. The fraction of sp³-hybridized carbons (Fsp3) is 0.529. The number of anilines is 2. The lowest BCUT2D eigenvalue weighted by Gasteiger charge is -2.31. The van der Waals surface area contributed by atoms with E-state index in [1.54, 1.807) is 11.8 Å². The molecular weight excluding hydrogens is 296 g/mol. The first-order chi connectivity index (χ1) is 11.0. The van der Waals surface area contributed by atoms with Crippen LogP contribution in [0.5, 0.6) is 5.75 Å². The number of hydrogen-bond acceptors (Lipinski definition) is 4. The summed E-state index contributed by atoms with van der Waals surface area (Å²) in [6.45, 7) is 7.53. The summed E-state index contributed by atoms with van der Waals surface area (Å²) in [4.78, 5) is 26.9. The fourth-order valence-electron chi connectivity index (χ4n) is 2.74. The molecule has 6 heteroatoms. The van der Waals surface area contributed by atoms with Gasteiger partial charge in [-0.25, -0.2) is 0 Å². The SMILES string of the molecule is CCCN(CC(C)C(=O)O)c1ccc2c(c1)N(CC)C(=O)CO2. The van der Waals surface area contributed by atoms with Crippen LogP contribution in [0.15, 0.2) is 18.2 Å². The predicted octanol–water partition coefficient (Wildman–Crippen LogP) is 2.37. The number of fused-ring (bicyclic) bond motifs is 1. The average Bonchev–Trinajstić information content (AvgIpc) is 2.53. The van der Waals surface area contributed by atoms with Crippen LogP contribution in [0, 0.1) is 5.92 Å². The second-order valence-corrected chi connectivity index (χ2v) is 5.76. The van der Waals surface area contributed by atoms with Crippen molar-refractivity contribution >= 4 is 23.3 Å². The molecule has 0 saturated carbocycles. The summed E-state index contributed by atoms with van der Waals surface area (Å²) in [6.07, 6.45) is 0.913. The highest BCUT2D eigenvalue weighted by molar-refractivity contribution is 5.98. The molecule has 1 heterocycles. The maximum atomic E-state index is 12.0. The lowest BCUT2D eigenvalue weighted by molar-refractivity contribution is -0.140. The van der Waals surface area contributed by atoms with Gasteiger partial charge in [0.2, 0.25) is 0 Å². The van der Waals surface area contributed by atoms with E-state index in [1.807, 2.05) is 30.0 Å². The summed E-state index contributed by atoms with van der Waals surface area (Å²) in [5.74, 6) is -0.633. The van der Waals surface area contributed by atoms with Gasteiger partial charge < -0.3 is 19.6 Å². The van der Waals surface area contributed by atoms with Gasteiger partial charge in [0.15, 0.2) is 6.61 Å². The van der Waals surface area contributed by atoms with E-state index in [9.17, 15) is 9.59 Å². The van der Waals surface area contributed by atoms with Crippen molar-refractivity contribution in [3.63, 3.8) is 0 Å². The molecule has 0 spiro atoms. The fourth-order valence-corrected chi connectivity index (χ4v) is 2.74. The van der Waals surface area contributed by atoms with Crippen LogP contribution in [-0.4, -0.2) is 43.2 Å². The third-order valence-electron chi connectivity index (χ3n) is 3.98. The van der Waals surface area contributed by atoms with Gasteiger partial charge >= 0.3 is 5.97 Å². The number of amides is 1. The topological polar surface area (TPSA) is 70.1 Å². The number of carboxylic acid groups (broad SMARTS) is 1. The van der Waals surface area contributed by atoms with E-state index in [4.69, 9.17) is 9.84 Å². The Hall–Kier alpha value is -2.24. The quantitative estimate of drug-likeness (QED) is 0.835. The Morgan fingerprint density at radius 2 is 2.17 bits per heavy atom. The number of carboxylic acids is 1. The van der Waals surface area contributed by atoms with Gasteiger partial charge in [0, 0.05) is 25.3 Å². The average molecular weight is 320 g/mol. The van der Waals surface area contributed by atoms with Crippen LogP contribution in [0.3, 0.4) is 0 Å². The number of hydrogen-bond donors (Lipinski definition) is 1. The Morgan fingerprint density at radius 3 is 2.78 bits per heavy atom. The Labute approximate surface area is 136 Å². The molecule has 1 unspecified atom stereocenters. The lowest BCUT2D eigenvalue weighted by atomic mass is 10.1. The maximum absolute atomic E-state index is 12.0. The molecule has 1 aliphatic heterocycles. The lowest BCUT2D eigenvalue weighted by Crippen LogP contribution is -2.39. The highest BCUT2D eigenvalue weighted by atomic mass is 16.5. The van der Waals surface area contributed by atoms with E-state index in [-0.39, 0.29) is 12.5 Å². The highest BCUT2D eigenvalue weighted by Crippen LogP contribution is 2.35. The third kappa shape index (κ3) is 3.75. The molecule has 0 fully saturated rings. The van der Waals surface area contributed by atoms with E-state index in [2.05, 4.69) is 6.92 Å². The van der Waals surface area contributed by atoms with Crippen LogP contribution < -0.4 is 14.5 Å². The molecule has 1 atom stereocenters. The highest BCUT2D eigenvalue weighted by Gasteiger charge is 2.25. The van der Waals surface area contributed by atoms with Crippen molar-refractivity contribution in [1.82, 2.24) is 0 Å². The first-order valence-electron chi connectivity index (χ1n) is 8.02. The first-order valence-corrected chi connectivity index (χ1v) is 8.02. The van der Waals surface area contributed by atoms with Gasteiger partial charge in [-0.2, -0.15) is 0 Å². The van der Waals surface area contributed by atoms with Gasteiger partial charge in [-0.3, -0.25) is 9.59 Å². The number of rotatable bonds is 7. The van der Waals surface area contributed by atoms with Gasteiger partial charge in [-0.1, -0.05) is 13.8 Å². The van der Waals surface area contributed by atoms with Crippen molar-refractivity contribution in [1.29, 1.82) is 0 Å². The molecule has 1 N–H and O–H groups in total. The van der Waals surface area contributed by atoms with Gasteiger partial charge in [0.05, 0.1) is 11.6 Å². The molecule has 1 amide bonds. The molecule has 1 aliphatic rings. The number of nitrogens with zero attached hydrogens (tertiary/aromatic N) is 2. The number of benzene rings is 1. The molecule has 0 bridgehead atoms. The van der Waals surface area contributed by atoms with E-state index >= 15 is 0 Å². The van der Waals surface area contributed by atoms with Crippen LogP contribution in [0.1, 0.15) is 27.2 Å². The minimum Gasteiger partial charge on any atom is -0.482 e. The minimum atomic E-state index is -0.808. The third-order valence-corrected chi connectivity index (χ3v) is 3.98. The summed E-state index contributed by atoms with van der Waals surface area (Å²) in [5, 5.41) is 9.15. The predicted molar refractivity (Wildman–Crippen MR) is 89.3 cm³/mol. The van der Waals surface area contributed by atoms with E-state index in [1.165, 1.54) is 0 Å². The molecule has 0 aromatic heterocycles. The van der Waals surface area contributed by atoms with Gasteiger partial charge in [0.1, 0.15) is 5.75 Å². The van der Waals surface area contributed by atoms with Crippen LogP contribution in [0.2, 0.25) is 0 Å². The molecule has 6 nitrogen and oxygen atoms in total. The number of aliphatic carboxylic acids is 1. The Kier molecular flexibility index (Phi) is 5.47. The molecular formula is C17H24N2O4. The smallest absolute Gasteiger partial charge is 0.308 e. The van der Waals surface area contributed by atoms with Crippen molar-refractivity contribution in [2.45, 2.75) is 27.2 Å². The molecule has 2 rings (SSSR count). The molecule has 0 aliphatic carbocycles. The second-order valence-electron chi connectivity index (χ2n) is 5.76. The normalized spacial score (nSPS) is 14.9. The van der Waals surface area contributed by atoms with Crippen molar-refractivity contribution in [2.75, 3.05) is 36.0 Å². The van der Waals surface area contributed by atoms with E-state index in [0.717, 1.165) is 24.3 Å². The van der Waals surface area contributed by atoms with Crippen LogP contribution >= 0.6 is 0 Å². The zero-order chi connectivity index (χ0) is 17.0. The summed E-state index contributed by atoms with van der Waals surface area (Å²) in [5.41, 5.74) is 1.67. The summed E-state index contributed by atoms with van der Waals surface area (Å²) in [6, 6.07) is 5.70. The molecule has 0 radical (unpaired) electrons. The number of carbonyl (C=O) groups excluding carboxylic acids is 1. The summed E-state index contributed by atoms with van der Waals surface area (Å²) >= 11 is 0. The molecule has 23 heavy (non-hydrogen) atoms. The van der Waals surface area contributed by atoms with Crippen molar-refractivity contribution in [3.8, 4) is 5.75 Å². The number of ether oxygens (including phenoxy) is 1. The van der Waals surface area contributed by atoms with Gasteiger partial charge in [-0.05, 0) is 31.5 Å². The summed E-state index contributed by atoms with van der Waals surface area (Å²) in [7, 11) is 0. The summed E-state index contributed by atoms with van der Waals surface area (Å²) < 4.78 is 5.48. The first kappa shape index (κ1) is 17.1. The van der Waals surface area contributed by atoms with Crippen LogP contribution in [0.4, 0.5) is 11.4 Å². The molecule has 0 saturated heterocycles. The van der Waals surface area contributed by atoms with Gasteiger partial charge in [0.25, 0.3) is 5.91 Å². The van der Waals surface area contributed by atoms with E-state index < -0.39 is 11.9 Å². The molecule has 1 aromatic rings. The number of likely N-dealkylation sites (N-methyl/N-ethyl adjacent to an activating group) is 1. The Bertz CT molecular complexity index is 588. The number of carbonyl (C=O) groups is 2. The Balaban J connectivity index is 2.32. The monoisotopic (exact) mass is 320 g/mol. The standard InChI is InChI=1S/C17H24N2O4/c1-4-8-18(10-12(3)17(21)22)13-6-7-15-14(9-13)19(5-2)16(20)11-23-15/h6-7,9,12H,4-5,8,10-11H2,1-3H3,(H,21,22). The molecule has 126 valence electrons. The zero-order valence-corrected chi connectivity index (χ0v) is 13.9. The maximum Gasteiger partial charge on any atom is 0.308 e. The minimum absolute atomic E-state index is 0.0573. The van der Waals surface area contributed by atoms with Crippen LogP contribution in [-0.2, 0) is 9.59 Å². The zero-order valence-electron chi connectivity index (χ0n) is 13.9. The van der Waals surface area contributed by atoms with Crippen molar-refractivity contribution < 1.29 is 19.4 Å². The largest absolute Gasteiger partial charge is 0.482 e. The van der Waals surface area contributed by atoms with Crippen molar-refractivity contribution in [3.05, 3.63) is 18.2 Å². The molecule has 1 aromatic carbocycles. The van der Waals surface area contributed by atoms with Crippen molar-refractivity contribution in [2.24, 2.45) is 5.92 Å². The van der Waals surface area contributed by atoms with Crippen LogP contribution in [0.25, 0.3) is 0 Å². The Morgan fingerprint density at radius 1 is 1.43 bits per heavy atom.